The maximum Gasteiger partial charge on any atom is 0.259 e. The summed E-state index contributed by atoms with van der Waals surface area (Å²) in [5, 5.41) is 4.12. The molecule has 0 saturated carbocycles. The van der Waals surface area contributed by atoms with Crippen molar-refractivity contribution in [2.75, 3.05) is 24.4 Å². The smallest absolute Gasteiger partial charge is 0.259 e. The molecule has 7 heteroatoms. The first-order chi connectivity index (χ1) is 20.4. The molecule has 0 fully saturated rings. The first-order valence-electron chi connectivity index (χ1n) is 13.9. The molecule has 0 spiro atoms. The van der Waals surface area contributed by atoms with Crippen LogP contribution in [0.5, 0.6) is 11.5 Å². The van der Waals surface area contributed by atoms with E-state index in [9.17, 15) is 9.59 Å². The molecule has 0 bridgehead atoms. The molecule has 0 radical (unpaired) electrons. The highest BCUT2D eigenvalue weighted by molar-refractivity contribution is 6.30. The Morgan fingerprint density at radius 1 is 0.857 bits per heavy atom. The molecular weight excluding hydrogens is 548 g/mol. The summed E-state index contributed by atoms with van der Waals surface area (Å²) in [6.07, 6.45) is 0.970. The number of ether oxygens (including phenoxy) is 2. The zero-order valence-electron chi connectivity index (χ0n) is 23.7. The predicted molar refractivity (Wildman–Crippen MR) is 166 cm³/mol. The minimum absolute atomic E-state index is 0.00387. The van der Waals surface area contributed by atoms with Crippen LogP contribution < -0.4 is 19.7 Å². The van der Waals surface area contributed by atoms with E-state index in [0.717, 1.165) is 22.5 Å². The van der Waals surface area contributed by atoms with Gasteiger partial charge in [0, 0.05) is 28.3 Å². The number of carbonyl (C=O) groups is 2. The standard InChI is InChI=1S/C35H31ClN2O4/c1-21-8-10-22(11-9-21)25-18-28-33(30(39)19-25)34(24-14-17-31(41-2)32(20-24)42-3)38(29-7-5-4-6-27(29)37-28)35(40)23-12-15-26(36)16-13-23/h4-17,20,25,34,37H,18-19H2,1-3H3/t25-,34+/m1/s1. The highest BCUT2D eigenvalue weighted by atomic mass is 35.5. The van der Waals surface area contributed by atoms with Gasteiger partial charge in [0.1, 0.15) is 0 Å². The van der Waals surface area contributed by atoms with Crippen molar-refractivity contribution < 1.29 is 19.1 Å². The number of nitrogens with zero attached hydrogens (tertiary/aromatic N) is 1. The number of benzene rings is 4. The molecular formula is C35H31ClN2O4. The lowest BCUT2D eigenvalue weighted by Crippen LogP contribution is -2.38. The van der Waals surface area contributed by atoms with Crippen molar-refractivity contribution in [3.63, 3.8) is 0 Å². The first kappa shape index (κ1) is 27.6. The summed E-state index contributed by atoms with van der Waals surface area (Å²) in [5.41, 5.74) is 6.31. The maximum atomic E-state index is 14.5. The quantitative estimate of drug-likeness (QED) is 0.261. The Morgan fingerprint density at radius 2 is 1.55 bits per heavy atom. The lowest BCUT2D eigenvalue weighted by Gasteiger charge is -2.35. The minimum Gasteiger partial charge on any atom is -0.493 e. The van der Waals surface area contributed by atoms with Crippen molar-refractivity contribution >= 4 is 34.7 Å². The third-order valence-corrected chi connectivity index (χ3v) is 8.32. The van der Waals surface area contributed by atoms with Crippen LogP contribution in [0.25, 0.3) is 0 Å². The van der Waals surface area contributed by atoms with Crippen molar-refractivity contribution in [1.29, 1.82) is 0 Å². The molecule has 212 valence electrons. The summed E-state index contributed by atoms with van der Waals surface area (Å²) in [4.78, 5) is 30.5. The number of fused-ring (bicyclic) bond motifs is 1. The number of halogens is 1. The Bertz CT molecular complexity index is 1700. The topological polar surface area (TPSA) is 67.9 Å². The van der Waals surface area contributed by atoms with Crippen LogP contribution in [0, 0.1) is 6.92 Å². The van der Waals surface area contributed by atoms with Crippen molar-refractivity contribution in [2.24, 2.45) is 0 Å². The predicted octanol–water partition coefficient (Wildman–Crippen LogP) is 7.88. The average molecular weight is 579 g/mol. The van der Waals surface area contributed by atoms with Gasteiger partial charge in [0.15, 0.2) is 17.3 Å². The van der Waals surface area contributed by atoms with Crippen LogP contribution in [0.4, 0.5) is 11.4 Å². The van der Waals surface area contributed by atoms with Crippen LogP contribution in [0.2, 0.25) is 5.02 Å². The summed E-state index contributed by atoms with van der Waals surface area (Å²) in [6.45, 7) is 2.06. The number of rotatable bonds is 5. The third-order valence-electron chi connectivity index (χ3n) is 8.07. The number of Topliss-reactive ketones (excluding diaryl/α,β-unsaturated/α-hetero) is 1. The average Bonchev–Trinajstić information content (AvgIpc) is 3.15. The number of hydrogen-bond donors (Lipinski definition) is 1. The molecule has 2 aliphatic rings. The molecule has 1 heterocycles. The summed E-state index contributed by atoms with van der Waals surface area (Å²) in [6, 6.07) is 27.7. The van der Waals surface area contributed by atoms with Gasteiger partial charge in [-0.05, 0) is 78.9 Å². The lowest BCUT2D eigenvalue weighted by molar-refractivity contribution is -0.116. The van der Waals surface area contributed by atoms with Crippen LogP contribution >= 0.6 is 11.6 Å². The van der Waals surface area contributed by atoms with E-state index in [4.69, 9.17) is 21.1 Å². The van der Waals surface area contributed by atoms with Crippen LogP contribution in [0.3, 0.4) is 0 Å². The van der Waals surface area contributed by atoms with Gasteiger partial charge in [-0.2, -0.15) is 0 Å². The molecule has 0 aromatic heterocycles. The van der Waals surface area contributed by atoms with E-state index in [-0.39, 0.29) is 17.6 Å². The Hall–Kier alpha value is -4.55. The SMILES string of the molecule is COc1ccc([C@H]2C3=C(C[C@@H](c4ccc(C)cc4)CC3=O)Nc3ccccc3N2C(=O)c2ccc(Cl)cc2)cc1OC. The Balaban J connectivity index is 1.57. The molecule has 1 aliphatic heterocycles. The van der Waals surface area contributed by atoms with Crippen LogP contribution in [-0.4, -0.2) is 25.9 Å². The number of amides is 1. The van der Waals surface area contributed by atoms with Gasteiger partial charge in [0.25, 0.3) is 5.91 Å². The number of ketones is 1. The number of aryl methyl sites for hydroxylation is 1. The molecule has 0 unspecified atom stereocenters. The van der Waals surface area contributed by atoms with Gasteiger partial charge in [0.2, 0.25) is 0 Å². The van der Waals surface area contributed by atoms with Gasteiger partial charge in [-0.25, -0.2) is 0 Å². The number of allylic oxidation sites excluding steroid dienone is 1. The van der Waals surface area contributed by atoms with Gasteiger partial charge < -0.3 is 14.8 Å². The summed E-state index contributed by atoms with van der Waals surface area (Å²) in [7, 11) is 3.15. The van der Waals surface area contributed by atoms with Gasteiger partial charge in [-0.3, -0.25) is 14.5 Å². The number of nitrogens with one attached hydrogen (secondary N) is 1. The van der Waals surface area contributed by atoms with Crippen molar-refractivity contribution in [2.45, 2.75) is 31.7 Å². The molecule has 1 amide bonds. The molecule has 1 aliphatic carbocycles. The van der Waals surface area contributed by atoms with E-state index in [0.29, 0.717) is 46.2 Å². The Kier molecular flexibility index (Phi) is 7.48. The molecule has 0 saturated heterocycles. The summed E-state index contributed by atoms with van der Waals surface area (Å²) in [5.74, 6) is 0.842. The fourth-order valence-corrected chi connectivity index (χ4v) is 6.08. The minimum atomic E-state index is -0.717. The molecule has 6 nitrogen and oxygen atoms in total. The van der Waals surface area contributed by atoms with Crippen molar-refractivity contribution in [3.05, 3.63) is 130 Å². The Labute approximate surface area is 250 Å². The number of carbonyl (C=O) groups excluding carboxylic acids is 2. The third kappa shape index (κ3) is 5.03. The number of hydrogen-bond acceptors (Lipinski definition) is 5. The molecule has 1 N–H and O–H groups in total. The van der Waals surface area contributed by atoms with Gasteiger partial charge in [-0.15, -0.1) is 0 Å². The van der Waals surface area contributed by atoms with E-state index in [1.165, 1.54) is 5.56 Å². The summed E-state index contributed by atoms with van der Waals surface area (Å²) < 4.78 is 11.2. The fraction of sp³-hybridized carbons (Fsp3) is 0.200. The van der Waals surface area contributed by atoms with Crippen LogP contribution in [0.15, 0.2) is 102 Å². The number of anilines is 2. The van der Waals surface area contributed by atoms with E-state index < -0.39 is 6.04 Å². The van der Waals surface area contributed by atoms with Gasteiger partial charge in [-0.1, -0.05) is 59.6 Å². The number of methoxy groups -OCH3 is 2. The highest BCUT2D eigenvalue weighted by Gasteiger charge is 2.42. The van der Waals surface area contributed by atoms with Crippen molar-refractivity contribution in [1.82, 2.24) is 0 Å². The molecule has 4 aromatic rings. The molecule has 42 heavy (non-hydrogen) atoms. The number of para-hydroxylation sites is 2. The summed E-state index contributed by atoms with van der Waals surface area (Å²) >= 11 is 6.17. The zero-order valence-corrected chi connectivity index (χ0v) is 24.4. The molecule has 4 aromatic carbocycles. The molecule has 6 rings (SSSR count). The fourth-order valence-electron chi connectivity index (χ4n) is 5.96. The largest absolute Gasteiger partial charge is 0.493 e. The monoisotopic (exact) mass is 578 g/mol. The van der Waals surface area contributed by atoms with Crippen molar-refractivity contribution in [3.8, 4) is 11.5 Å². The van der Waals surface area contributed by atoms with E-state index in [1.54, 1.807) is 43.4 Å². The highest BCUT2D eigenvalue weighted by Crippen LogP contribution is 2.48. The van der Waals surface area contributed by atoms with Gasteiger partial charge >= 0.3 is 0 Å². The Morgan fingerprint density at radius 3 is 2.26 bits per heavy atom. The van der Waals surface area contributed by atoms with E-state index >= 15 is 0 Å². The zero-order chi connectivity index (χ0) is 29.4. The van der Waals surface area contributed by atoms with E-state index in [2.05, 4.69) is 36.5 Å². The second-order valence-corrected chi connectivity index (χ2v) is 11.1. The second-order valence-electron chi connectivity index (χ2n) is 10.7. The van der Waals surface area contributed by atoms with Gasteiger partial charge in [0.05, 0.1) is 31.6 Å². The van der Waals surface area contributed by atoms with Crippen LogP contribution in [0.1, 0.15) is 51.8 Å². The first-order valence-corrected chi connectivity index (χ1v) is 14.3. The molecule has 2 atom stereocenters. The van der Waals surface area contributed by atoms with E-state index in [1.807, 2.05) is 42.5 Å². The lowest BCUT2D eigenvalue weighted by atomic mass is 9.78. The normalized spacial score (nSPS) is 18.0. The second kappa shape index (κ2) is 11.4. The van der Waals surface area contributed by atoms with Crippen LogP contribution in [-0.2, 0) is 4.79 Å². The maximum absolute atomic E-state index is 14.5.